The standard InChI is InChI=1S/C25H21N3O6S/c1-33-24-7-3-2-6-21(24)28-35(31,32)20-12-13-23(29)22(15-20)27-25(30)17-8-10-18(11-9-17)34-19-5-4-14-26-16-19/h2-16,28-29H,1H3,(H,27,30). The average molecular weight is 492 g/mol. The third kappa shape index (κ3) is 5.68. The van der Waals surface area contributed by atoms with Crippen molar-refractivity contribution in [3.05, 3.63) is 96.8 Å². The largest absolute Gasteiger partial charge is 0.506 e. The molecule has 0 aliphatic carbocycles. The number of aromatic hydroxyl groups is 1. The number of nitrogens with zero attached hydrogens (tertiary/aromatic N) is 1. The molecular weight excluding hydrogens is 470 g/mol. The molecule has 1 aromatic heterocycles. The Balaban J connectivity index is 1.50. The Hall–Kier alpha value is -4.57. The number of sulfonamides is 1. The first-order chi connectivity index (χ1) is 16.9. The number of benzene rings is 3. The molecule has 4 rings (SSSR count). The van der Waals surface area contributed by atoms with Crippen molar-refractivity contribution in [2.45, 2.75) is 4.90 Å². The zero-order valence-electron chi connectivity index (χ0n) is 18.5. The second-order valence-corrected chi connectivity index (χ2v) is 8.94. The lowest BCUT2D eigenvalue weighted by molar-refractivity contribution is 0.102. The second-order valence-electron chi connectivity index (χ2n) is 7.25. The first-order valence-corrected chi connectivity index (χ1v) is 11.8. The van der Waals surface area contributed by atoms with E-state index in [4.69, 9.17) is 9.47 Å². The summed E-state index contributed by atoms with van der Waals surface area (Å²) in [6.45, 7) is 0. The molecule has 1 amide bonds. The number of hydrogen-bond acceptors (Lipinski definition) is 7. The summed E-state index contributed by atoms with van der Waals surface area (Å²) < 4.78 is 39.1. The van der Waals surface area contributed by atoms with E-state index in [-0.39, 0.29) is 27.6 Å². The van der Waals surface area contributed by atoms with Gasteiger partial charge in [-0.25, -0.2) is 8.42 Å². The van der Waals surface area contributed by atoms with Crippen LogP contribution in [0.3, 0.4) is 0 Å². The Kier molecular flexibility index (Phi) is 6.83. The minimum Gasteiger partial charge on any atom is -0.506 e. The number of amides is 1. The van der Waals surface area contributed by atoms with E-state index in [0.29, 0.717) is 17.2 Å². The number of carbonyl (C=O) groups is 1. The van der Waals surface area contributed by atoms with Crippen LogP contribution in [0.15, 0.2) is 96.2 Å². The highest BCUT2D eigenvalue weighted by Crippen LogP contribution is 2.30. The van der Waals surface area contributed by atoms with Crippen molar-refractivity contribution < 1.29 is 27.8 Å². The maximum absolute atomic E-state index is 12.9. The van der Waals surface area contributed by atoms with Crippen molar-refractivity contribution in [2.75, 3.05) is 17.1 Å². The molecule has 9 nitrogen and oxygen atoms in total. The molecule has 3 aromatic carbocycles. The van der Waals surface area contributed by atoms with Gasteiger partial charge in [-0.3, -0.25) is 14.5 Å². The first kappa shape index (κ1) is 23.6. The molecule has 35 heavy (non-hydrogen) atoms. The van der Waals surface area contributed by atoms with Crippen LogP contribution in [0, 0.1) is 0 Å². The van der Waals surface area contributed by atoms with Crippen LogP contribution in [0.4, 0.5) is 11.4 Å². The van der Waals surface area contributed by atoms with Crippen molar-refractivity contribution in [3.63, 3.8) is 0 Å². The maximum Gasteiger partial charge on any atom is 0.262 e. The van der Waals surface area contributed by atoms with Crippen LogP contribution in [0.25, 0.3) is 0 Å². The van der Waals surface area contributed by atoms with E-state index in [1.165, 1.54) is 25.3 Å². The van der Waals surface area contributed by atoms with Crippen LogP contribution in [0.2, 0.25) is 0 Å². The van der Waals surface area contributed by atoms with Crippen LogP contribution < -0.4 is 19.5 Å². The van der Waals surface area contributed by atoms with Gasteiger partial charge < -0.3 is 19.9 Å². The number of anilines is 2. The zero-order chi connectivity index (χ0) is 24.8. The predicted molar refractivity (Wildman–Crippen MR) is 131 cm³/mol. The number of nitrogens with one attached hydrogen (secondary N) is 2. The smallest absolute Gasteiger partial charge is 0.262 e. The van der Waals surface area contributed by atoms with Gasteiger partial charge in [-0.15, -0.1) is 0 Å². The fourth-order valence-corrected chi connectivity index (χ4v) is 4.22. The molecular formula is C25H21N3O6S. The van der Waals surface area contributed by atoms with E-state index in [0.717, 1.165) is 0 Å². The maximum atomic E-state index is 12.9. The van der Waals surface area contributed by atoms with Gasteiger partial charge in [0.2, 0.25) is 0 Å². The third-order valence-corrected chi connectivity index (χ3v) is 6.23. The molecule has 4 aromatic rings. The SMILES string of the molecule is COc1ccccc1NS(=O)(=O)c1ccc(O)c(NC(=O)c2ccc(Oc3cccnc3)cc2)c1. The topological polar surface area (TPSA) is 127 Å². The molecule has 0 saturated heterocycles. The van der Waals surface area contributed by atoms with Crippen LogP contribution >= 0.6 is 0 Å². The summed E-state index contributed by atoms with van der Waals surface area (Å²) in [5, 5.41) is 12.7. The average Bonchev–Trinajstić information content (AvgIpc) is 2.86. The van der Waals surface area contributed by atoms with Crippen LogP contribution in [0.5, 0.6) is 23.0 Å². The number of rotatable bonds is 8. The van der Waals surface area contributed by atoms with Crippen LogP contribution in [0.1, 0.15) is 10.4 Å². The fourth-order valence-electron chi connectivity index (χ4n) is 3.13. The van der Waals surface area contributed by atoms with Gasteiger partial charge in [0.1, 0.15) is 23.0 Å². The molecule has 3 N–H and O–H groups in total. The Morgan fingerprint density at radius 1 is 0.914 bits per heavy atom. The third-order valence-electron chi connectivity index (χ3n) is 4.86. The van der Waals surface area contributed by atoms with Gasteiger partial charge >= 0.3 is 0 Å². The quantitative estimate of drug-likeness (QED) is 0.306. The Morgan fingerprint density at radius 3 is 2.40 bits per heavy atom. The summed E-state index contributed by atoms with van der Waals surface area (Å²) in [4.78, 5) is 16.5. The lowest BCUT2D eigenvalue weighted by Crippen LogP contribution is -2.15. The number of methoxy groups -OCH3 is 1. The molecule has 10 heteroatoms. The van der Waals surface area contributed by atoms with Gasteiger partial charge in [0.05, 0.1) is 29.6 Å². The second kappa shape index (κ2) is 10.1. The number of pyridine rings is 1. The van der Waals surface area contributed by atoms with Gasteiger partial charge in [-0.1, -0.05) is 12.1 Å². The number of aromatic nitrogens is 1. The molecule has 0 saturated carbocycles. The molecule has 0 fully saturated rings. The molecule has 0 aliphatic heterocycles. The van der Waals surface area contributed by atoms with Crippen LogP contribution in [-0.2, 0) is 10.0 Å². The van der Waals surface area contributed by atoms with Gasteiger partial charge in [0, 0.05) is 11.8 Å². The van der Waals surface area contributed by atoms with Crippen molar-refractivity contribution >= 4 is 27.3 Å². The summed E-state index contributed by atoms with van der Waals surface area (Å²) in [6.07, 6.45) is 3.19. The number of hydrogen-bond donors (Lipinski definition) is 3. The highest BCUT2D eigenvalue weighted by atomic mass is 32.2. The van der Waals surface area contributed by atoms with E-state index < -0.39 is 15.9 Å². The normalized spacial score (nSPS) is 10.9. The summed E-state index contributed by atoms with van der Waals surface area (Å²) in [5.41, 5.74) is 0.471. The molecule has 0 aliphatic rings. The molecule has 178 valence electrons. The zero-order valence-corrected chi connectivity index (χ0v) is 19.3. The van der Waals surface area contributed by atoms with E-state index >= 15 is 0 Å². The lowest BCUT2D eigenvalue weighted by Gasteiger charge is -2.13. The Labute approximate surface area is 202 Å². The minimum atomic E-state index is -4.04. The van der Waals surface area contributed by atoms with Crippen molar-refractivity contribution in [1.82, 2.24) is 4.98 Å². The molecule has 0 spiro atoms. The lowest BCUT2D eigenvalue weighted by atomic mass is 10.2. The first-order valence-electron chi connectivity index (χ1n) is 10.3. The highest BCUT2D eigenvalue weighted by Gasteiger charge is 2.19. The molecule has 0 atom stereocenters. The van der Waals surface area contributed by atoms with Gasteiger partial charge in [-0.2, -0.15) is 0 Å². The van der Waals surface area contributed by atoms with Crippen molar-refractivity contribution in [3.8, 4) is 23.0 Å². The number of ether oxygens (including phenoxy) is 2. The van der Waals surface area contributed by atoms with Gasteiger partial charge in [0.15, 0.2) is 0 Å². The summed E-state index contributed by atoms with van der Waals surface area (Å²) in [6, 6.07) is 19.9. The number of phenols is 1. The highest BCUT2D eigenvalue weighted by molar-refractivity contribution is 7.92. The van der Waals surface area contributed by atoms with E-state index in [2.05, 4.69) is 15.0 Å². The predicted octanol–water partition coefficient (Wildman–Crippen LogP) is 4.64. The number of para-hydroxylation sites is 2. The summed E-state index contributed by atoms with van der Waals surface area (Å²) in [5.74, 6) is 0.577. The monoisotopic (exact) mass is 491 g/mol. The Morgan fingerprint density at radius 2 is 1.69 bits per heavy atom. The van der Waals surface area contributed by atoms with Gasteiger partial charge in [0.25, 0.3) is 15.9 Å². The summed E-state index contributed by atoms with van der Waals surface area (Å²) in [7, 11) is -2.61. The molecule has 1 heterocycles. The van der Waals surface area contributed by atoms with Gasteiger partial charge in [-0.05, 0) is 66.7 Å². The molecule has 0 radical (unpaired) electrons. The van der Waals surface area contributed by atoms with E-state index in [9.17, 15) is 18.3 Å². The number of carbonyl (C=O) groups excluding carboxylic acids is 1. The van der Waals surface area contributed by atoms with Crippen molar-refractivity contribution in [2.24, 2.45) is 0 Å². The molecule has 0 unspecified atom stereocenters. The van der Waals surface area contributed by atoms with E-state index in [1.807, 2.05) is 0 Å². The Bertz CT molecular complexity index is 1440. The fraction of sp³-hybridized carbons (Fsp3) is 0.0400. The number of phenolic OH excluding ortho intramolecular Hbond substituents is 1. The van der Waals surface area contributed by atoms with Crippen molar-refractivity contribution in [1.29, 1.82) is 0 Å². The van der Waals surface area contributed by atoms with Crippen LogP contribution in [-0.4, -0.2) is 31.5 Å². The minimum absolute atomic E-state index is 0.0615. The summed E-state index contributed by atoms with van der Waals surface area (Å²) >= 11 is 0. The molecule has 0 bridgehead atoms. The van der Waals surface area contributed by atoms with E-state index in [1.54, 1.807) is 73.1 Å².